The summed E-state index contributed by atoms with van der Waals surface area (Å²) in [4.78, 5) is 38.2. The van der Waals surface area contributed by atoms with E-state index in [4.69, 9.17) is 15.2 Å². The smallest absolute Gasteiger partial charge is 0.312 e. The fourth-order valence-electron chi connectivity index (χ4n) is 8.90. The van der Waals surface area contributed by atoms with Crippen LogP contribution in [0.5, 0.6) is 0 Å². The summed E-state index contributed by atoms with van der Waals surface area (Å²) in [6.45, 7) is 8.75. The van der Waals surface area contributed by atoms with E-state index < -0.39 is 23.4 Å². The summed E-state index contributed by atoms with van der Waals surface area (Å²) in [5.74, 6) is -0.126. The first-order valence-corrected chi connectivity index (χ1v) is 12.4. The predicted octanol–water partition coefficient (Wildman–Crippen LogP) is 3.81. The van der Waals surface area contributed by atoms with Gasteiger partial charge < -0.3 is 20.5 Å². The van der Waals surface area contributed by atoms with Gasteiger partial charge in [0.05, 0.1) is 31.6 Å². The zero-order valence-corrected chi connectivity index (χ0v) is 20.9. The van der Waals surface area contributed by atoms with E-state index >= 15 is 0 Å². The lowest BCUT2D eigenvalue weighted by Crippen LogP contribution is -2.71. The highest BCUT2D eigenvalue weighted by Crippen LogP contribution is 2.72. The molecule has 8 atom stereocenters. The Balaban J connectivity index is 1.87. The van der Waals surface area contributed by atoms with Gasteiger partial charge in [0.2, 0.25) is 0 Å². The van der Waals surface area contributed by atoms with Crippen LogP contribution in [0.3, 0.4) is 0 Å². The van der Waals surface area contributed by atoms with E-state index in [2.05, 4.69) is 39.1 Å². The Bertz CT molecular complexity index is 884. The highest BCUT2D eigenvalue weighted by molar-refractivity contribution is 5.79. The van der Waals surface area contributed by atoms with E-state index in [1.165, 1.54) is 19.8 Å². The number of allylic oxidation sites excluding steroid dienone is 1. The van der Waals surface area contributed by atoms with Crippen LogP contribution in [-0.2, 0) is 19.1 Å². The van der Waals surface area contributed by atoms with E-state index in [0.29, 0.717) is 5.92 Å². The van der Waals surface area contributed by atoms with Crippen LogP contribution in [0.15, 0.2) is 11.6 Å². The molecule has 0 aliphatic heterocycles. The molecular formula is C26H40N2O5. The molecule has 1 spiro atoms. The SMILES string of the molecule is COC(=O)[C@@H]1C2CC3C(C=C2C(C)C)(CCC2[C@]3(C)CCC[C@@]2(C)C(=O)OC)[C@@H]1NC(N)=O. The Morgan fingerprint density at radius 3 is 2.36 bits per heavy atom. The number of esters is 2. The average Bonchev–Trinajstić information content (AvgIpc) is 2.77. The molecule has 0 aromatic rings. The lowest BCUT2D eigenvalue weighted by Gasteiger charge is -2.69. The highest BCUT2D eigenvalue weighted by Gasteiger charge is 2.70. The van der Waals surface area contributed by atoms with Crippen molar-refractivity contribution in [3.05, 3.63) is 11.6 Å². The molecule has 0 aromatic carbocycles. The van der Waals surface area contributed by atoms with Crippen molar-refractivity contribution < 1.29 is 23.9 Å². The number of urea groups is 1. The normalized spacial score (nSPS) is 43.7. The molecule has 184 valence electrons. The third kappa shape index (κ3) is 3.24. The summed E-state index contributed by atoms with van der Waals surface area (Å²) in [6.07, 6.45) is 7.73. The summed E-state index contributed by atoms with van der Waals surface area (Å²) >= 11 is 0. The Morgan fingerprint density at radius 1 is 1.09 bits per heavy atom. The number of carbonyl (C=O) groups excluding carboxylic acids is 3. The number of hydrogen-bond donors (Lipinski definition) is 2. The lowest BCUT2D eigenvalue weighted by molar-refractivity contribution is -0.195. The van der Waals surface area contributed by atoms with Crippen molar-refractivity contribution in [3.63, 3.8) is 0 Å². The van der Waals surface area contributed by atoms with E-state index in [0.717, 1.165) is 38.5 Å². The molecule has 0 radical (unpaired) electrons. The van der Waals surface area contributed by atoms with Gasteiger partial charge in [0.25, 0.3) is 0 Å². The Morgan fingerprint density at radius 2 is 1.79 bits per heavy atom. The maximum absolute atomic E-state index is 13.1. The second kappa shape index (κ2) is 8.02. The van der Waals surface area contributed by atoms with Gasteiger partial charge in [-0.05, 0) is 68.1 Å². The molecule has 3 N–H and O–H groups in total. The van der Waals surface area contributed by atoms with Crippen LogP contribution in [0.2, 0.25) is 0 Å². The summed E-state index contributed by atoms with van der Waals surface area (Å²) in [5.41, 5.74) is 5.94. The third-order valence-corrected chi connectivity index (χ3v) is 10.1. The van der Waals surface area contributed by atoms with Crippen LogP contribution >= 0.6 is 0 Å². The van der Waals surface area contributed by atoms with Crippen molar-refractivity contribution in [1.29, 1.82) is 0 Å². The molecule has 0 heterocycles. The lowest BCUT2D eigenvalue weighted by atomic mass is 9.35. The predicted molar refractivity (Wildman–Crippen MR) is 124 cm³/mol. The Hall–Kier alpha value is -2.05. The molecule has 3 saturated carbocycles. The molecule has 0 saturated heterocycles. The van der Waals surface area contributed by atoms with Crippen molar-refractivity contribution >= 4 is 18.0 Å². The van der Waals surface area contributed by atoms with Gasteiger partial charge in [-0.3, -0.25) is 9.59 Å². The maximum atomic E-state index is 13.1. The van der Waals surface area contributed by atoms with Crippen molar-refractivity contribution in [3.8, 4) is 0 Å². The second-order valence-corrected chi connectivity index (χ2v) is 11.7. The average molecular weight is 461 g/mol. The van der Waals surface area contributed by atoms with Gasteiger partial charge in [-0.15, -0.1) is 0 Å². The van der Waals surface area contributed by atoms with Crippen LogP contribution in [0.4, 0.5) is 4.79 Å². The van der Waals surface area contributed by atoms with Crippen molar-refractivity contribution in [2.45, 2.75) is 72.3 Å². The van der Waals surface area contributed by atoms with Gasteiger partial charge in [0.15, 0.2) is 0 Å². The molecule has 7 nitrogen and oxygen atoms in total. The van der Waals surface area contributed by atoms with Crippen LogP contribution in [-0.4, -0.2) is 38.2 Å². The number of methoxy groups -OCH3 is 2. The fraction of sp³-hybridized carbons (Fsp3) is 0.808. The van der Waals surface area contributed by atoms with Crippen LogP contribution in [0.25, 0.3) is 0 Å². The van der Waals surface area contributed by atoms with Crippen molar-refractivity contribution in [2.75, 3.05) is 14.2 Å². The quantitative estimate of drug-likeness (QED) is 0.490. The zero-order valence-electron chi connectivity index (χ0n) is 20.9. The van der Waals surface area contributed by atoms with Gasteiger partial charge >= 0.3 is 18.0 Å². The number of primary amides is 1. The van der Waals surface area contributed by atoms with E-state index in [-0.39, 0.29) is 40.5 Å². The highest BCUT2D eigenvalue weighted by atomic mass is 16.5. The number of nitrogens with one attached hydrogen (secondary N) is 1. The number of fused-ring (bicyclic) bond motifs is 2. The van der Waals surface area contributed by atoms with E-state index in [1.54, 1.807) is 0 Å². The van der Waals surface area contributed by atoms with Gasteiger partial charge in [0.1, 0.15) is 0 Å². The second-order valence-electron chi connectivity index (χ2n) is 11.7. The van der Waals surface area contributed by atoms with Gasteiger partial charge in [-0.25, -0.2) is 4.79 Å². The summed E-state index contributed by atoms with van der Waals surface area (Å²) in [5, 5.41) is 3.00. The number of hydrogen-bond acceptors (Lipinski definition) is 5. The molecule has 2 amide bonds. The molecule has 7 heteroatoms. The van der Waals surface area contributed by atoms with Gasteiger partial charge in [-0.1, -0.05) is 38.8 Å². The zero-order chi connectivity index (χ0) is 24.3. The minimum Gasteiger partial charge on any atom is -0.469 e. The first-order chi connectivity index (χ1) is 15.5. The first kappa shape index (κ1) is 24.1. The Labute approximate surface area is 197 Å². The topological polar surface area (TPSA) is 108 Å². The minimum absolute atomic E-state index is 0.0111. The molecule has 4 unspecified atom stereocenters. The van der Waals surface area contributed by atoms with Crippen molar-refractivity contribution in [1.82, 2.24) is 5.32 Å². The summed E-state index contributed by atoms with van der Waals surface area (Å²) in [7, 11) is 2.90. The monoisotopic (exact) mass is 460 g/mol. The maximum Gasteiger partial charge on any atom is 0.312 e. The van der Waals surface area contributed by atoms with E-state index in [9.17, 15) is 14.4 Å². The largest absolute Gasteiger partial charge is 0.469 e. The molecule has 33 heavy (non-hydrogen) atoms. The molecule has 0 aromatic heterocycles. The van der Waals surface area contributed by atoms with Crippen LogP contribution in [0.1, 0.15) is 66.2 Å². The summed E-state index contributed by atoms with van der Waals surface area (Å²) in [6, 6.07) is -1.01. The molecule has 2 bridgehead atoms. The van der Waals surface area contributed by atoms with Crippen LogP contribution in [0, 0.1) is 45.8 Å². The molecule has 5 rings (SSSR count). The van der Waals surface area contributed by atoms with Gasteiger partial charge in [0, 0.05) is 5.41 Å². The standard InChI is InChI=1S/C26H40N2O5/c1-14(2)16-13-26-11-8-17-24(3,9-7-10-25(17,4)22(30)33-6)18(26)12-15(16)19(21(29)32-5)20(26)28-23(27)31/h13-15,17-20H,7-12H2,1-6H3,(H3,27,28,31)/t15?,17?,18?,19-,20-,24+,25-,26?/m1/s1. The molecular weight excluding hydrogens is 420 g/mol. The number of nitrogens with two attached hydrogens (primary N) is 1. The Kier molecular flexibility index (Phi) is 5.85. The molecule has 3 fully saturated rings. The summed E-state index contributed by atoms with van der Waals surface area (Å²) < 4.78 is 10.5. The number of amides is 2. The number of carbonyl (C=O) groups is 3. The van der Waals surface area contributed by atoms with Crippen LogP contribution < -0.4 is 11.1 Å². The molecule has 5 aliphatic carbocycles. The number of ether oxygens (including phenoxy) is 2. The number of rotatable bonds is 4. The van der Waals surface area contributed by atoms with Crippen molar-refractivity contribution in [2.24, 2.45) is 51.6 Å². The third-order valence-electron chi connectivity index (χ3n) is 10.1. The van der Waals surface area contributed by atoms with E-state index in [1.807, 2.05) is 0 Å². The minimum atomic E-state index is -0.607. The first-order valence-electron chi connectivity index (χ1n) is 12.4. The van der Waals surface area contributed by atoms with Gasteiger partial charge in [-0.2, -0.15) is 0 Å². The molecule has 5 aliphatic rings. The fourth-order valence-corrected chi connectivity index (χ4v) is 8.90.